The highest BCUT2D eigenvalue weighted by atomic mass is 16.5. The van der Waals surface area contributed by atoms with Gasteiger partial charge in [-0.1, -0.05) is 12.1 Å². The van der Waals surface area contributed by atoms with Crippen LogP contribution in [0.15, 0.2) is 42.7 Å². The van der Waals surface area contributed by atoms with Crippen molar-refractivity contribution < 1.29 is 9.53 Å². The normalized spacial score (nSPS) is 15.8. The molecule has 0 spiro atoms. The minimum absolute atomic E-state index is 0.00176. The average molecular weight is 339 g/mol. The predicted octanol–water partition coefficient (Wildman–Crippen LogP) is 3.18. The van der Waals surface area contributed by atoms with Crippen molar-refractivity contribution in [3.05, 3.63) is 53.9 Å². The fourth-order valence-electron chi connectivity index (χ4n) is 3.04. The lowest BCUT2D eigenvalue weighted by Gasteiger charge is -2.32. The van der Waals surface area contributed by atoms with Crippen LogP contribution >= 0.6 is 0 Å². The molecule has 1 aliphatic heterocycles. The van der Waals surface area contributed by atoms with Gasteiger partial charge in [0.25, 0.3) is 0 Å². The predicted molar refractivity (Wildman–Crippen MR) is 98.9 cm³/mol. The van der Waals surface area contributed by atoms with Gasteiger partial charge >= 0.3 is 0 Å². The lowest BCUT2D eigenvalue weighted by molar-refractivity contribution is -0.117. The second-order valence-corrected chi connectivity index (χ2v) is 6.65. The van der Waals surface area contributed by atoms with E-state index in [1.54, 1.807) is 12.4 Å². The van der Waals surface area contributed by atoms with E-state index in [0.29, 0.717) is 6.54 Å². The quantitative estimate of drug-likeness (QED) is 0.909. The number of hydrogen-bond donors (Lipinski definition) is 1. The first-order chi connectivity index (χ1) is 12.1. The van der Waals surface area contributed by atoms with E-state index in [0.717, 1.165) is 37.4 Å². The Balaban J connectivity index is 1.45. The Morgan fingerprint density at radius 3 is 2.80 bits per heavy atom. The molecule has 1 saturated heterocycles. The molecule has 132 valence electrons. The van der Waals surface area contributed by atoms with Crippen molar-refractivity contribution in [1.29, 1.82) is 0 Å². The molecule has 2 aromatic rings. The molecule has 0 atom stereocenters. The molecule has 5 nitrogen and oxygen atoms in total. The minimum atomic E-state index is 0.00176. The number of carbonyl (C=O) groups excluding carboxylic acids is 1. The van der Waals surface area contributed by atoms with Crippen molar-refractivity contribution in [2.75, 3.05) is 25.0 Å². The van der Waals surface area contributed by atoms with Gasteiger partial charge in [0.1, 0.15) is 11.9 Å². The molecule has 0 saturated carbocycles. The van der Waals surface area contributed by atoms with E-state index >= 15 is 0 Å². The molecule has 1 fully saturated rings. The number of rotatable bonds is 5. The molecule has 1 amide bonds. The fraction of sp³-hybridized carbons (Fsp3) is 0.400. The topological polar surface area (TPSA) is 54.5 Å². The first-order valence-corrected chi connectivity index (χ1v) is 8.76. The van der Waals surface area contributed by atoms with Gasteiger partial charge in [-0.05, 0) is 56.0 Å². The maximum atomic E-state index is 12.1. The van der Waals surface area contributed by atoms with Crippen molar-refractivity contribution in [3.8, 4) is 5.75 Å². The maximum Gasteiger partial charge on any atom is 0.238 e. The van der Waals surface area contributed by atoms with Crippen LogP contribution in [0.25, 0.3) is 0 Å². The SMILES string of the molecule is Cc1ccc(C)c(OC2CCN(CC(=O)Nc3cccnc3)CC2)c1. The molecule has 1 aromatic carbocycles. The molecule has 1 aliphatic rings. The van der Waals surface area contributed by atoms with Crippen LogP contribution in [0.3, 0.4) is 0 Å². The lowest BCUT2D eigenvalue weighted by atomic mass is 10.1. The van der Waals surface area contributed by atoms with E-state index in [1.165, 1.54) is 11.1 Å². The lowest BCUT2D eigenvalue weighted by Crippen LogP contribution is -2.42. The Morgan fingerprint density at radius 1 is 1.28 bits per heavy atom. The number of nitrogens with zero attached hydrogens (tertiary/aromatic N) is 2. The maximum absolute atomic E-state index is 12.1. The fourth-order valence-corrected chi connectivity index (χ4v) is 3.04. The minimum Gasteiger partial charge on any atom is -0.490 e. The third-order valence-corrected chi connectivity index (χ3v) is 4.48. The van der Waals surface area contributed by atoms with Crippen LogP contribution in [0.2, 0.25) is 0 Å². The zero-order chi connectivity index (χ0) is 17.6. The summed E-state index contributed by atoms with van der Waals surface area (Å²) in [6.07, 6.45) is 5.44. The number of hydrogen-bond acceptors (Lipinski definition) is 4. The number of aromatic nitrogens is 1. The standard InChI is InChI=1S/C20H25N3O2/c1-15-5-6-16(2)19(12-15)25-18-7-10-23(11-8-18)14-20(24)22-17-4-3-9-21-13-17/h3-6,9,12-13,18H,7-8,10-11,14H2,1-2H3,(H,22,24). The van der Waals surface area contributed by atoms with Crippen molar-refractivity contribution in [1.82, 2.24) is 9.88 Å². The highest BCUT2D eigenvalue weighted by molar-refractivity contribution is 5.92. The van der Waals surface area contributed by atoms with E-state index in [9.17, 15) is 4.79 Å². The molecule has 0 bridgehead atoms. The molecule has 1 aromatic heterocycles. The molecular weight excluding hydrogens is 314 g/mol. The Kier molecular flexibility index (Phi) is 5.66. The molecule has 5 heteroatoms. The Morgan fingerprint density at radius 2 is 2.08 bits per heavy atom. The van der Waals surface area contributed by atoms with E-state index in [2.05, 4.69) is 47.2 Å². The van der Waals surface area contributed by atoms with Crippen LogP contribution in [0, 0.1) is 13.8 Å². The van der Waals surface area contributed by atoms with E-state index in [1.807, 2.05) is 12.1 Å². The van der Waals surface area contributed by atoms with Crippen LogP contribution in [0.4, 0.5) is 5.69 Å². The van der Waals surface area contributed by atoms with E-state index in [-0.39, 0.29) is 12.0 Å². The van der Waals surface area contributed by atoms with E-state index in [4.69, 9.17) is 4.74 Å². The molecule has 25 heavy (non-hydrogen) atoms. The van der Waals surface area contributed by atoms with Gasteiger partial charge < -0.3 is 10.1 Å². The molecule has 3 rings (SSSR count). The summed E-state index contributed by atoms with van der Waals surface area (Å²) in [6, 6.07) is 9.96. The number of amides is 1. The molecule has 2 heterocycles. The number of benzene rings is 1. The summed E-state index contributed by atoms with van der Waals surface area (Å²) in [5.41, 5.74) is 3.12. The number of nitrogens with one attached hydrogen (secondary N) is 1. The van der Waals surface area contributed by atoms with Crippen LogP contribution in [-0.2, 0) is 4.79 Å². The van der Waals surface area contributed by atoms with Crippen molar-refractivity contribution in [3.63, 3.8) is 0 Å². The summed E-state index contributed by atoms with van der Waals surface area (Å²) in [5, 5.41) is 2.88. The molecule has 0 unspecified atom stereocenters. The molecule has 0 aliphatic carbocycles. The second kappa shape index (κ2) is 8.12. The number of ether oxygens (including phenoxy) is 1. The first-order valence-electron chi connectivity index (χ1n) is 8.76. The van der Waals surface area contributed by atoms with Crippen molar-refractivity contribution >= 4 is 11.6 Å². The van der Waals surface area contributed by atoms with Crippen LogP contribution in [0.1, 0.15) is 24.0 Å². The Labute approximate surface area is 149 Å². The number of aryl methyl sites for hydroxylation is 2. The van der Waals surface area contributed by atoms with Gasteiger partial charge in [-0.2, -0.15) is 0 Å². The summed E-state index contributed by atoms with van der Waals surface area (Å²) in [6.45, 7) is 6.31. The number of carbonyl (C=O) groups is 1. The number of likely N-dealkylation sites (tertiary alicyclic amines) is 1. The Hall–Kier alpha value is -2.40. The zero-order valence-corrected chi connectivity index (χ0v) is 14.9. The van der Waals surface area contributed by atoms with Crippen LogP contribution < -0.4 is 10.1 Å². The second-order valence-electron chi connectivity index (χ2n) is 6.65. The number of anilines is 1. The average Bonchev–Trinajstić information content (AvgIpc) is 2.61. The largest absolute Gasteiger partial charge is 0.490 e. The Bertz CT molecular complexity index is 710. The van der Waals surface area contributed by atoms with Crippen molar-refractivity contribution in [2.24, 2.45) is 0 Å². The van der Waals surface area contributed by atoms with Gasteiger partial charge in [-0.3, -0.25) is 14.7 Å². The molecule has 0 radical (unpaired) electrons. The summed E-state index contributed by atoms with van der Waals surface area (Å²) < 4.78 is 6.18. The highest BCUT2D eigenvalue weighted by Gasteiger charge is 2.22. The van der Waals surface area contributed by atoms with Crippen LogP contribution in [0.5, 0.6) is 5.75 Å². The van der Waals surface area contributed by atoms with Gasteiger partial charge in [-0.25, -0.2) is 0 Å². The highest BCUT2D eigenvalue weighted by Crippen LogP contribution is 2.24. The summed E-state index contributed by atoms with van der Waals surface area (Å²) >= 11 is 0. The summed E-state index contributed by atoms with van der Waals surface area (Å²) in [5.74, 6) is 0.981. The summed E-state index contributed by atoms with van der Waals surface area (Å²) in [4.78, 5) is 18.3. The smallest absolute Gasteiger partial charge is 0.238 e. The van der Waals surface area contributed by atoms with Crippen LogP contribution in [-0.4, -0.2) is 41.5 Å². The van der Waals surface area contributed by atoms with Gasteiger partial charge in [0.15, 0.2) is 0 Å². The van der Waals surface area contributed by atoms with Gasteiger partial charge in [0.05, 0.1) is 18.4 Å². The third-order valence-electron chi connectivity index (χ3n) is 4.48. The van der Waals surface area contributed by atoms with Crippen molar-refractivity contribution in [2.45, 2.75) is 32.8 Å². The zero-order valence-electron chi connectivity index (χ0n) is 14.9. The molecular formula is C20H25N3O2. The van der Waals surface area contributed by atoms with Gasteiger partial charge in [0.2, 0.25) is 5.91 Å². The first kappa shape index (κ1) is 17.4. The number of pyridine rings is 1. The number of piperidine rings is 1. The van der Waals surface area contributed by atoms with E-state index < -0.39 is 0 Å². The monoisotopic (exact) mass is 339 g/mol. The molecule has 1 N–H and O–H groups in total. The summed E-state index contributed by atoms with van der Waals surface area (Å²) in [7, 11) is 0. The van der Waals surface area contributed by atoms with Gasteiger partial charge in [0, 0.05) is 19.3 Å². The third kappa shape index (κ3) is 5.03. The van der Waals surface area contributed by atoms with Gasteiger partial charge in [-0.15, -0.1) is 0 Å².